The molecule has 5 nitrogen and oxygen atoms in total. The molecule has 1 aromatic heterocycles. The van der Waals surface area contributed by atoms with Gasteiger partial charge in [0, 0.05) is 17.8 Å². The van der Waals surface area contributed by atoms with Crippen LogP contribution in [0.3, 0.4) is 0 Å². The third-order valence-corrected chi connectivity index (χ3v) is 4.43. The standard InChI is InChI=1S/C10H15N3O2S/c1-8-6-10(12-7-11-8)13-9-2-4-16(14,15)5-3-9/h6-7,9H,2-5H2,1H3,(H,11,12,13). The molecular weight excluding hydrogens is 226 g/mol. The first-order chi connectivity index (χ1) is 7.55. The Bertz CT molecular complexity index is 459. The van der Waals surface area contributed by atoms with Gasteiger partial charge in [0.1, 0.15) is 22.0 Å². The average molecular weight is 241 g/mol. The van der Waals surface area contributed by atoms with Crippen molar-refractivity contribution in [2.45, 2.75) is 25.8 Å². The number of anilines is 1. The van der Waals surface area contributed by atoms with Crippen LogP contribution in [0, 0.1) is 6.92 Å². The van der Waals surface area contributed by atoms with Crippen LogP contribution in [-0.2, 0) is 9.84 Å². The lowest BCUT2D eigenvalue weighted by Crippen LogP contribution is -2.32. The van der Waals surface area contributed by atoms with Crippen molar-refractivity contribution < 1.29 is 8.42 Å². The van der Waals surface area contributed by atoms with E-state index in [2.05, 4.69) is 15.3 Å². The number of hydrogen-bond donors (Lipinski definition) is 1. The number of aryl methyl sites for hydroxylation is 1. The maximum absolute atomic E-state index is 11.2. The Morgan fingerprint density at radius 2 is 2.00 bits per heavy atom. The molecule has 0 radical (unpaired) electrons. The van der Waals surface area contributed by atoms with Gasteiger partial charge in [0.15, 0.2) is 0 Å². The number of aromatic nitrogens is 2. The Balaban J connectivity index is 1.97. The summed E-state index contributed by atoms with van der Waals surface area (Å²) in [5, 5.41) is 3.24. The van der Waals surface area contributed by atoms with Crippen LogP contribution in [-0.4, -0.2) is 35.9 Å². The molecule has 0 bridgehead atoms. The zero-order valence-corrected chi connectivity index (χ0v) is 10.00. The lowest BCUT2D eigenvalue weighted by molar-refractivity contribution is 0.559. The topological polar surface area (TPSA) is 72.0 Å². The smallest absolute Gasteiger partial charge is 0.150 e. The number of nitrogens with one attached hydrogen (secondary N) is 1. The molecule has 1 fully saturated rings. The molecule has 1 saturated heterocycles. The van der Waals surface area contributed by atoms with Crippen LogP contribution in [0.25, 0.3) is 0 Å². The second-order valence-electron chi connectivity index (χ2n) is 4.12. The van der Waals surface area contributed by atoms with Crippen LogP contribution in [0.4, 0.5) is 5.82 Å². The molecule has 0 spiro atoms. The van der Waals surface area contributed by atoms with Crippen LogP contribution >= 0.6 is 0 Å². The fraction of sp³-hybridized carbons (Fsp3) is 0.600. The number of rotatable bonds is 2. The van der Waals surface area contributed by atoms with Crippen LogP contribution in [0.15, 0.2) is 12.4 Å². The van der Waals surface area contributed by atoms with Gasteiger partial charge in [-0.05, 0) is 19.8 Å². The summed E-state index contributed by atoms with van der Waals surface area (Å²) >= 11 is 0. The van der Waals surface area contributed by atoms with Gasteiger partial charge < -0.3 is 5.32 Å². The lowest BCUT2D eigenvalue weighted by Gasteiger charge is -2.23. The fourth-order valence-electron chi connectivity index (χ4n) is 1.78. The van der Waals surface area contributed by atoms with Crippen molar-refractivity contribution in [3.8, 4) is 0 Å². The molecule has 16 heavy (non-hydrogen) atoms. The largest absolute Gasteiger partial charge is 0.367 e. The second-order valence-corrected chi connectivity index (χ2v) is 6.42. The predicted molar refractivity (Wildman–Crippen MR) is 62.1 cm³/mol. The molecule has 0 aromatic carbocycles. The van der Waals surface area contributed by atoms with Gasteiger partial charge in [-0.2, -0.15) is 0 Å². The summed E-state index contributed by atoms with van der Waals surface area (Å²) in [7, 11) is -2.79. The predicted octanol–water partition coefficient (Wildman–Crippen LogP) is 0.774. The van der Waals surface area contributed by atoms with E-state index in [0.717, 1.165) is 11.5 Å². The maximum Gasteiger partial charge on any atom is 0.150 e. The Morgan fingerprint density at radius 1 is 1.31 bits per heavy atom. The van der Waals surface area contributed by atoms with Gasteiger partial charge in [-0.3, -0.25) is 0 Å². The van der Waals surface area contributed by atoms with Gasteiger partial charge in [0.2, 0.25) is 0 Å². The Hall–Kier alpha value is -1.17. The average Bonchev–Trinajstić information content (AvgIpc) is 2.21. The van der Waals surface area contributed by atoms with E-state index >= 15 is 0 Å². The van der Waals surface area contributed by atoms with Gasteiger partial charge in [0.05, 0.1) is 11.5 Å². The molecular formula is C10H15N3O2S. The van der Waals surface area contributed by atoms with Gasteiger partial charge in [-0.25, -0.2) is 18.4 Å². The van der Waals surface area contributed by atoms with Crippen molar-refractivity contribution in [2.75, 3.05) is 16.8 Å². The molecule has 0 atom stereocenters. The van der Waals surface area contributed by atoms with Gasteiger partial charge in [-0.15, -0.1) is 0 Å². The zero-order chi connectivity index (χ0) is 11.6. The summed E-state index contributed by atoms with van der Waals surface area (Å²) in [4.78, 5) is 8.11. The van der Waals surface area contributed by atoms with E-state index in [1.165, 1.54) is 6.33 Å². The molecule has 0 unspecified atom stereocenters. The molecule has 1 aromatic rings. The second kappa shape index (κ2) is 4.37. The Morgan fingerprint density at radius 3 is 2.62 bits per heavy atom. The summed E-state index contributed by atoms with van der Waals surface area (Å²) < 4.78 is 22.5. The van der Waals surface area contributed by atoms with Gasteiger partial charge >= 0.3 is 0 Å². The molecule has 0 aliphatic carbocycles. The first-order valence-electron chi connectivity index (χ1n) is 5.31. The van der Waals surface area contributed by atoms with Crippen molar-refractivity contribution in [1.29, 1.82) is 0 Å². The summed E-state index contributed by atoms with van der Waals surface area (Å²) in [5.41, 5.74) is 0.904. The van der Waals surface area contributed by atoms with Crippen molar-refractivity contribution in [3.63, 3.8) is 0 Å². The quantitative estimate of drug-likeness (QED) is 0.828. The summed E-state index contributed by atoms with van der Waals surface area (Å²) in [5.74, 6) is 1.32. The van der Waals surface area contributed by atoms with E-state index in [1.54, 1.807) is 0 Å². The van der Waals surface area contributed by atoms with Gasteiger partial charge in [-0.1, -0.05) is 0 Å². The number of hydrogen-bond acceptors (Lipinski definition) is 5. The molecule has 1 aliphatic heterocycles. The van der Waals surface area contributed by atoms with E-state index in [9.17, 15) is 8.42 Å². The molecule has 2 rings (SSSR count). The van der Waals surface area contributed by atoms with Gasteiger partial charge in [0.25, 0.3) is 0 Å². The molecule has 6 heteroatoms. The van der Waals surface area contributed by atoms with Crippen LogP contribution in [0.1, 0.15) is 18.5 Å². The molecule has 0 saturated carbocycles. The van der Waals surface area contributed by atoms with Crippen LogP contribution < -0.4 is 5.32 Å². The van der Waals surface area contributed by atoms with E-state index < -0.39 is 9.84 Å². The third kappa shape index (κ3) is 2.91. The minimum Gasteiger partial charge on any atom is -0.367 e. The lowest BCUT2D eigenvalue weighted by atomic mass is 10.1. The summed E-state index contributed by atoms with van der Waals surface area (Å²) in [6, 6.07) is 2.07. The highest BCUT2D eigenvalue weighted by molar-refractivity contribution is 7.91. The minimum absolute atomic E-state index is 0.206. The zero-order valence-electron chi connectivity index (χ0n) is 9.18. The number of sulfone groups is 1. The Labute approximate surface area is 95.2 Å². The highest BCUT2D eigenvalue weighted by atomic mass is 32.2. The Kier molecular flexibility index (Phi) is 3.09. The third-order valence-electron chi connectivity index (χ3n) is 2.71. The number of nitrogens with zero attached hydrogens (tertiary/aromatic N) is 2. The summed E-state index contributed by atoms with van der Waals surface area (Å²) in [6.45, 7) is 1.90. The highest BCUT2D eigenvalue weighted by Crippen LogP contribution is 2.16. The first kappa shape index (κ1) is 11.3. The summed E-state index contributed by atoms with van der Waals surface area (Å²) in [6.07, 6.45) is 2.83. The fourth-order valence-corrected chi connectivity index (χ4v) is 3.27. The molecule has 2 heterocycles. The van der Waals surface area contributed by atoms with Crippen LogP contribution in [0.5, 0.6) is 0 Å². The monoisotopic (exact) mass is 241 g/mol. The van der Waals surface area contributed by atoms with Crippen molar-refractivity contribution in [1.82, 2.24) is 9.97 Å². The SMILES string of the molecule is Cc1cc(NC2CCS(=O)(=O)CC2)ncn1. The van der Waals surface area contributed by atoms with Crippen LogP contribution in [0.2, 0.25) is 0 Å². The van der Waals surface area contributed by atoms with Crippen molar-refractivity contribution >= 4 is 15.7 Å². The first-order valence-corrected chi connectivity index (χ1v) is 7.13. The van der Waals surface area contributed by atoms with E-state index in [4.69, 9.17) is 0 Å². The molecule has 0 amide bonds. The molecule has 1 aliphatic rings. The maximum atomic E-state index is 11.2. The minimum atomic E-state index is -2.79. The normalized spacial score (nSPS) is 20.6. The van der Waals surface area contributed by atoms with E-state index in [1.807, 2.05) is 13.0 Å². The van der Waals surface area contributed by atoms with E-state index in [0.29, 0.717) is 12.8 Å². The molecule has 88 valence electrons. The highest BCUT2D eigenvalue weighted by Gasteiger charge is 2.23. The molecule has 1 N–H and O–H groups in total. The van der Waals surface area contributed by atoms with Crippen molar-refractivity contribution in [2.24, 2.45) is 0 Å². The van der Waals surface area contributed by atoms with E-state index in [-0.39, 0.29) is 17.5 Å². The van der Waals surface area contributed by atoms with Crippen molar-refractivity contribution in [3.05, 3.63) is 18.1 Å².